The number of benzene rings is 1. The summed E-state index contributed by atoms with van der Waals surface area (Å²) in [5.74, 6) is 3.22. The molecule has 5 rings (SSSR count). The number of hydrogen-bond acceptors (Lipinski definition) is 2. The zero-order valence-electron chi connectivity index (χ0n) is 12.5. The first-order valence-corrected chi connectivity index (χ1v) is 8.49. The molecule has 0 spiro atoms. The van der Waals surface area contributed by atoms with Gasteiger partial charge in [-0.15, -0.1) is 0 Å². The van der Waals surface area contributed by atoms with Crippen LogP contribution in [0.2, 0.25) is 5.02 Å². The number of methoxy groups -OCH3 is 1. The zero-order valence-corrected chi connectivity index (χ0v) is 13.3. The Morgan fingerprint density at radius 1 is 1.14 bits per heavy atom. The van der Waals surface area contributed by atoms with Crippen LogP contribution in [0.4, 0.5) is 0 Å². The second-order valence-corrected chi connectivity index (χ2v) is 7.98. The topological polar surface area (TPSA) is 29.5 Å². The van der Waals surface area contributed by atoms with E-state index in [1.165, 1.54) is 38.5 Å². The summed E-state index contributed by atoms with van der Waals surface area (Å²) in [6.45, 7) is 0. The Kier molecular flexibility index (Phi) is 3.24. The molecule has 4 bridgehead atoms. The summed E-state index contributed by atoms with van der Waals surface area (Å²) in [6, 6.07) is 5.75. The maximum Gasteiger partial charge on any atom is 0.137 e. The fraction of sp³-hybridized carbons (Fsp3) is 0.667. The van der Waals surface area contributed by atoms with E-state index in [1.54, 1.807) is 7.11 Å². The minimum absolute atomic E-state index is 0.104. The van der Waals surface area contributed by atoms with Gasteiger partial charge in [-0.3, -0.25) is 0 Å². The van der Waals surface area contributed by atoms with Crippen LogP contribution in [0.1, 0.15) is 50.2 Å². The normalized spacial score (nSPS) is 38.5. The lowest BCUT2D eigenvalue weighted by atomic mass is 9.47. The van der Waals surface area contributed by atoms with Crippen molar-refractivity contribution in [2.24, 2.45) is 23.2 Å². The summed E-state index contributed by atoms with van der Waals surface area (Å²) >= 11 is 6.25. The Hall–Kier alpha value is -0.730. The zero-order chi connectivity index (χ0) is 14.6. The van der Waals surface area contributed by atoms with Crippen molar-refractivity contribution in [2.45, 2.75) is 44.6 Å². The molecule has 1 unspecified atom stereocenters. The highest BCUT2D eigenvalue weighted by Crippen LogP contribution is 2.64. The Morgan fingerprint density at radius 2 is 1.71 bits per heavy atom. The van der Waals surface area contributed by atoms with Gasteiger partial charge in [0.25, 0.3) is 0 Å². The van der Waals surface area contributed by atoms with Gasteiger partial charge in [0.1, 0.15) is 5.75 Å². The van der Waals surface area contributed by atoms with Crippen molar-refractivity contribution in [2.75, 3.05) is 7.11 Å². The van der Waals surface area contributed by atoms with Crippen LogP contribution in [-0.4, -0.2) is 12.2 Å². The standard InChI is InChI=1S/C18H23ClO2/c1-21-16-3-2-14(7-15(16)19)17(20)18-8-11-4-12(9-18)6-13(5-11)10-18/h2-3,7,11-13,17,20H,4-6,8-10H2,1H3. The van der Waals surface area contributed by atoms with E-state index in [9.17, 15) is 5.11 Å². The summed E-state index contributed by atoms with van der Waals surface area (Å²) in [5, 5.41) is 11.7. The molecule has 0 saturated heterocycles. The number of halogens is 1. The third kappa shape index (κ3) is 2.19. The molecule has 114 valence electrons. The molecule has 0 radical (unpaired) electrons. The maximum atomic E-state index is 11.1. The van der Waals surface area contributed by atoms with E-state index in [0.29, 0.717) is 10.8 Å². The first-order valence-electron chi connectivity index (χ1n) is 8.11. The van der Waals surface area contributed by atoms with Gasteiger partial charge in [-0.05, 0) is 74.0 Å². The van der Waals surface area contributed by atoms with Crippen LogP contribution in [0, 0.1) is 23.2 Å². The van der Waals surface area contributed by atoms with E-state index >= 15 is 0 Å². The van der Waals surface area contributed by atoms with Gasteiger partial charge in [0.05, 0.1) is 18.2 Å². The van der Waals surface area contributed by atoms with E-state index in [-0.39, 0.29) is 11.5 Å². The Bertz CT molecular complexity index is 519. The lowest BCUT2D eigenvalue weighted by Gasteiger charge is -2.58. The van der Waals surface area contributed by atoms with Gasteiger partial charge in [-0.2, -0.15) is 0 Å². The number of rotatable bonds is 3. The summed E-state index contributed by atoms with van der Waals surface area (Å²) < 4.78 is 5.22. The second kappa shape index (κ2) is 4.89. The van der Waals surface area contributed by atoms with Crippen LogP contribution in [0.25, 0.3) is 0 Å². The van der Waals surface area contributed by atoms with E-state index in [1.807, 2.05) is 18.2 Å². The van der Waals surface area contributed by atoms with Crippen molar-refractivity contribution in [3.05, 3.63) is 28.8 Å². The van der Waals surface area contributed by atoms with Gasteiger partial charge in [-0.25, -0.2) is 0 Å². The molecule has 21 heavy (non-hydrogen) atoms. The van der Waals surface area contributed by atoms with Gasteiger partial charge in [-0.1, -0.05) is 17.7 Å². The van der Waals surface area contributed by atoms with Crippen LogP contribution in [0.15, 0.2) is 18.2 Å². The Labute approximate surface area is 131 Å². The molecule has 0 amide bonds. The third-order valence-electron chi connectivity index (χ3n) is 6.16. The molecule has 0 aromatic heterocycles. The fourth-order valence-corrected chi connectivity index (χ4v) is 5.98. The molecule has 1 atom stereocenters. The molecule has 2 nitrogen and oxygen atoms in total. The molecule has 4 saturated carbocycles. The van der Waals surface area contributed by atoms with Crippen molar-refractivity contribution in [3.8, 4) is 5.75 Å². The molecule has 0 aliphatic heterocycles. The number of aliphatic hydroxyl groups excluding tert-OH is 1. The largest absolute Gasteiger partial charge is 0.495 e. The number of hydrogen-bond donors (Lipinski definition) is 1. The van der Waals surface area contributed by atoms with E-state index in [4.69, 9.17) is 16.3 Å². The van der Waals surface area contributed by atoms with Crippen LogP contribution in [0.5, 0.6) is 5.75 Å². The summed E-state index contributed by atoms with van der Waals surface area (Å²) in [5.41, 5.74) is 1.06. The van der Waals surface area contributed by atoms with Gasteiger partial charge in [0.15, 0.2) is 0 Å². The lowest BCUT2D eigenvalue weighted by molar-refractivity contribution is -0.122. The first kappa shape index (κ1) is 13.9. The highest BCUT2D eigenvalue weighted by molar-refractivity contribution is 6.32. The maximum absolute atomic E-state index is 11.1. The molecule has 3 heteroatoms. The second-order valence-electron chi connectivity index (χ2n) is 7.58. The minimum atomic E-state index is -0.380. The van der Waals surface area contributed by atoms with Crippen molar-refractivity contribution >= 4 is 11.6 Å². The molecule has 4 aliphatic carbocycles. The molecule has 4 fully saturated rings. The number of aliphatic hydroxyl groups is 1. The summed E-state index contributed by atoms with van der Waals surface area (Å²) in [7, 11) is 1.62. The van der Waals surface area contributed by atoms with Crippen LogP contribution >= 0.6 is 11.6 Å². The SMILES string of the molecule is COc1ccc(C(O)C23CC4CC(CC(C4)C2)C3)cc1Cl. The van der Waals surface area contributed by atoms with E-state index in [2.05, 4.69) is 0 Å². The predicted octanol–water partition coefficient (Wildman–Crippen LogP) is 4.60. The molecule has 1 N–H and O–H groups in total. The average molecular weight is 307 g/mol. The third-order valence-corrected chi connectivity index (χ3v) is 6.45. The summed E-state index contributed by atoms with van der Waals surface area (Å²) in [6.07, 6.45) is 7.41. The Morgan fingerprint density at radius 3 is 2.19 bits per heavy atom. The Balaban J connectivity index is 1.65. The van der Waals surface area contributed by atoms with Crippen molar-refractivity contribution in [1.29, 1.82) is 0 Å². The molecular formula is C18H23ClO2. The molecule has 1 aromatic rings. The number of ether oxygens (including phenoxy) is 1. The van der Waals surface area contributed by atoms with Gasteiger partial charge in [0.2, 0.25) is 0 Å². The highest BCUT2D eigenvalue weighted by atomic mass is 35.5. The van der Waals surface area contributed by atoms with Gasteiger partial charge in [0, 0.05) is 5.41 Å². The van der Waals surface area contributed by atoms with Crippen LogP contribution in [0.3, 0.4) is 0 Å². The smallest absolute Gasteiger partial charge is 0.137 e. The average Bonchev–Trinajstić information content (AvgIpc) is 2.45. The van der Waals surface area contributed by atoms with Crippen molar-refractivity contribution < 1.29 is 9.84 Å². The quantitative estimate of drug-likeness (QED) is 0.884. The van der Waals surface area contributed by atoms with Crippen LogP contribution in [-0.2, 0) is 0 Å². The van der Waals surface area contributed by atoms with Crippen molar-refractivity contribution in [1.82, 2.24) is 0 Å². The summed E-state index contributed by atoms with van der Waals surface area (Å²) in [4.78, 5) is 0. The predicted molar refractivity (Wildman–Crippen MR) is 83.6 cm³/mol. The lowest BCUT2D eigenvalue weighted by Crippen LogP contribution is -2.48. The molecule has 0 heterocycles. The fourth-order valence-electron chi connectivity index (χ4n) is 5.72. The highest BCUT2D eigenvalue weighted by Gasteiger charge is 2.54. The van der Waals surface area contributed by atoms with Gasteiger partial charge < -0.3 is 9.84 Å². The monoisotopic (exact) mass is 306 g/mol. The van der Waals surface area contributed by atoms with Gasteiger partial charge >= 0.3 is 0 Å². The molecule has 1 aromatic carbocycles. The van der Waals surface area contributed by atoms with Crippen molar-refractivity contribution in [3.63, 3.8) is 0 Å². The van der Waals surface area contributed by atoms with E-state index in [0.717, 1.165) is 23.3 Å². The van der Waals surface area contributed by atoms with E-state index < -0.39 is 0 Å². The molecular weight excluding hydrogens is 284 g/mol. The minimum Gasteiger partial charge on any atom is -0.495 e. The van der Waals surface area contributed by atoms with Crippen LogP contribution < -0.4 is 4.74 Å². The first-order chi connectivity index (χ1) is 10.1. The molecule has 4 aliphatic rings.